The highest BCUT2D eigenvalue weighted by Crippen LogP contribution is 2.49. The maximum atomic E-state index is 7.32. The van der Waals surface area contributed by atoms with Crippen LogP contribution in [0.2, 0.25) is 0 Å². The lowest BCUT2D eigenvalue weighted by molar-refractivity contribution is 0.679. The summed E-state index contributed by atoms with van der Waals surface area (Å²) in [6, 6.07) is 35.9. The number of halogens is 1. The van der Waals surface area contributed by atoms with E-state index in [1.165, 1.54) is 91.3 Å². The largest absolute Gasteiger partial charge is 0.377 e. The molecule has 2 nitrogen and oxygen atoms in total. The van der Waals surface area contributed by atoms with Gasteiger partial charge < -0.3 is 9.80 Å². The minimum Gasteiger partial charge on any atom is -0.377 e. The molecule has 7 rings (SSSR count). The Morgan fingerprint density at radius 2 is 1.02 bits per heavy atom. The van der Waals surface area contributed by atoms with Crippen LogP contribution in [0.4, 0.5) is 11.4 Å². The summed E-state index contributed by atoms with van der Waals surface area (Å²) in [7, 11) is 4.22. The zero-order valence-electron chi connectivity index (χ0n) is 26.8. The van der Waals surface area contributed by atoms with E-state index in [-0.39, 0.29) is 0 Å². The van der Waals surface area contributed by atoms with Gasteiger partial charge in [-0.1, -0.05) is 99.0 Å². The number of hydrogen-bond acceptors (Lipinski definition) is 2. The Kier molecular flexibility index (Phi) is 8.02. The summed E-state index contributed by atoms with van der Waals surface area (Å²) >= 11 is 7.32. The fourth-order valence-electron chi connectivity index (χ4n) is 6.95. The number of nitrogens with zero attached hydrogens (tertiary/aromatic N) is 2. The van der Waals surface area contributed by atoms with Gasteiger partial charge in [0.25, 0.3) is 0 Å². The van der Waals surface area contributed by atoms with Crippen LogP contribution in [0.3, 0.4) is 0 Å². The Labute approximate surface area is 272 Å². The molecule has 0 fully saturated rings. The van der Waals surface area contributed by atoms with E-state index >= 15 is 0 Å². The molecule has 6 aromatic carbocycles. The summed E-state index contributed by atoms with van der Waals surface area (Å²) in [6.07, 6.45) is 7.07. The molecule has 1 aliphatic rings. The maximum Gasteiger partial charge on any atom is 0.0563 e. The first-order valence-corrected chi connectivity index (χ1v) is 16.8. The Balaban J connectivity index is 1.37. The summed E-state index contributed by atoms with van der Waals surface area (Å²) in [4.78, 5) is 4.80. The quantitative estimate of drug-likeness (QED) is 0.143. The second kappa shape index (κ2) is 12.3. The van der Waals surface area contributed by atoms with Crippen molar-refractivity contribution < 1.29 is 0 Å². The van der Waals surface area contributed by atoms with E-state index in [4.69, 9.17) is 11.6 Å². The third-order valence-electron chi connectivity index (χ3n) is 9.45. The molecule has 0 saturated heterocycles. The van der Waals surface area contributed by atoms with Crippen molar-refractivity contribution in [2.45, 2.75) is 39.5 Å². The lowest BCUT2D eigenvalue weighted by atomic mass is 9.83. The van der Waals surface area contributed by atoms with Crippen LogP contribution >= 0.6 is 11.6 Å². The van der Waals surface area contributed by atoms with Crippen LogP contribution in [0.25, 0.3) is 54.2 Å². The number of fused-ring (bicyclic) bond motifs is 4. The topological polar surface area (TPSA) is 6.48 Å². The van der Waals surface area contributed by atoms with Crippen molar-refractivity contribution >= 4 is 77.2 Å². The van der Waals surface area contributed by atoms with Crippen molar-refractivity contribution in [2.75, 3.05) is 37.0 Å². The van der Waals surface area contributed by atoms with Crippen molar-refractivity contribution in [3.05, 3.63) is 119 Å². The minimum absolute atomic E-state index is 0.845. The summed E-state index contributed by atoms with van der Waals surface area (Å²) in [5.41, 5.74) is 7.17. The Bertz CT molecular complexity index is 2130. The predicted molar refractivity (Wildman–Crippen MR) is 200 cm³/mol. The summed E-state index contributed by atoms with van der Waals surface area (Å²) in [5, 5.41) is 10.9. The van der Waals surface area contributed by atoms with Crippen molar-refractivity contribution in [3.8, 4) is 0 Å². The molecular formula is C42H41ClN2. The van der Waals surface area contributed by atoms with Gasteiger partial charge in [0.15, 0.2) is 0 Å². The van der Waals surface area contributed by atoms with Crippen molar-refractivity contribution in [1.29, 1.82) is 0 Å². The van der Waals surface area contributed by atoms with Crippen LogP contribution in [0.1, 0.15) is 50.7 Å². The Morgan fingerprint density at radius 3 is 1.53 bits per heavy atom. The molecule has 0 atom stereocenters. The van der Waals surface area contributed by atoms with E-state index in [0.717, 1.165) is 29.3 Å². The maximum absolute atomic E-state index is 7.32. The molecule has 0 amide bonds. The smallest absolute Gasteiger partial charge is 0.0563 e. The summed E-state index contributed by atoms with van der Waals surface area (Å²) in [5.74, 6) is 0. The Hall–Kier alpha value is -4.27. The summed E-state index contributed by atoms with van der Waals surface area (Å²) in [6.45, 7) is 6.72. The van der Waals surface area contributed by atoms with E-state index in [0.29, 0.717) is 0 Å². The third kappa shape index (κ3) is 5.26. The zero-order chi connectivity index (χ0) is 31.1. The molecule has 6 aromatic rings. The standard InChI is InChI=1S/C42H41ClN2/c1-5-7-21-45(22-8-6-2)41-20-18-33(35-24-29-14-10-12-16-31(29)26-37(35)41)39-27-38(42(39)43)32-17-19-40(44(3)4)36-25-30-15-11-9-13-28(30)23-34(32)36/h9-20,23-27H,5-8,21-22H2,1-4H3. The van der Waals surface area contributed by atoms with Gasteiger partial charge >= 0.3 is 0 Å². The van der Waals surface area contributed by atoms with Gasteiger partial charge in [0, 0.05) is 60.5 Å². The van der Waals surface area contributed by atoms with Crippen LogP contribution in [0.5, 0.6) is 0 Å². The second-order valence-corrected chi connectivity index (χ2v) is 13.0. The Morgan fingerprint density at radius 1 is 0.556 bits per heavy atom. The first-order chi connectivity index (χ1) is 22.0. The van der Waals surface area contributed by atoms with Gasteiger partial charge in [-0.2, -0.15) is 0 Å². The molecule has 0 radical (unpaired) electrons. The van der Waals surface area contributed by atoms with Gasteiger partial charge in [0.2, 0.25) is 0 Å². The van der Waals surface area contributed by atoms with Gasteiger partial charge in [-0.05, 0) is 98.8 Å². The van der Waals surface area contributed by atoms with Gasteiger partial charge in [0.05, 0.1) is 5.03 Å². The first kappa shape index (κ1) is 29.4. The van der Waals surface area contributed by atoms with Gasteiger partial charge in [-0.3, -0.25) is 0 Å². The molecule has 1 aliphatic carbocycles. The number of allylic oxidation sites excluding steroid dienone is 4. The predicted octanol–water partition coefficient (Wildman–Crippen LogP) is 11.8. The SMILES string of the molecule is CCCCN(CCCC)c1ccc(C2=CC(c3ccc(N(C)C)c4cc5ccccc5cc34)=C2Cl)c2cc3ccccc3cc12. The first-order valence-electron chi connectivity index (χ1n) is 16.4. The number of benzene rings is 6. The van der Waals surface area contributed by atoms with Crippen molar-refractivity contribution in [1.82, 2.24) is 0 Å². The highest BCUT2D eigenvalue weighted by molar-refractivity contribution is 6.45. The molecule has 0 heterocycles. The van der Waals surface area contributed by atoms with Crippen LogP contribution in [0.15, 0.2) is 108 Å². The molecule has 0 aliphatic heterocycles. The number of hydrogen-bond donors (Lipinski definition) is 0. The molecule has 0 saturated carbocycles. The van der Waals surface area contributed by atoms with E-state index in [1.807, 2.05) is 0 Å². The van der Waals surface area contributed by atoms with E-state index in [1.54, 1.807) is 0 Å². The number of unbranched alkanes of at least 4 members (excludes halogenated alkanes) is 2. The lowest BCUT2D eigenvalue weighted by Crippen LogP contribution is -2.25. The second-order valence-electron chi connectivity index (χ2n) is 12.6. The average Bonchev–Trinajstić information content (AvgIpc) is 3.06. The molecule has 0 bridgehead atoms. The summed E-state index contributed by atoms with van der Waals surface area (Å²) < 4.78 is 0. The third-order valence-corrected chi connectivity index (χ3v) is 9.85. The average molecular weight is 609 g/mol. The molecule has 0 N–H and O–H groups in total. The van der Waals surface area contributed by atoms with E-state index in [2.05, 4.69) is 141 Å². The number of anilines is 2. The van der Waals surface area contributed by atoms with Crippen LogP contribution in [-0.4, -0.2) is 27.2 Å². The molecular weight excluding hydrogens is 568 g/mol. The lowest BCUT2D eigenvalue weighted by Gasteiger charge is -2.29. The molecule has 0 aromatic heterocycles. The van der Waals surface area contributed by atoms with Crippen LogP contribution in [0, 0.1) is 0 Å². The van der Waals surface area contributed by atoms with E-state index < -0.39 is 0 Å². The van der Waals surface area contributed by atoms with Gasteiger partial charge in [-0.25, -0.2) is 0 Å². The van der Waals surface area contributed by atoms with Crippen molar-refractivity contribution in [3.63, 3.8) is 0 Å². The fraction of sp³-hybridized carbons (Fsp3) is 0.238. The minimum atomic E-state index is 0.845. The molecule has 3 heteroatoms. The van der Waals surface area contributed by atoms with E-state index in [9.17, 15) is 0 Å². The fourth-order valence-corrected chi connectivity index (χ4v) is 7.26. The number of rotatable bonds is 10. The molecule has 226 valence electrons. The zero-order valence-corrected chi connectivity index (χ0v) is 27.6. The van der Waals surface area contributed by atoms with Crippen molar-refractivity contribution in [2.24, 2.45) is 0 Å². The normalized spacial score (nSPS) is 13.1. The van der Waals surface area contributed by atoms with Crippen LogP contribution < -0.4 is 9.80 Å². The monoisotopic (exact) mass is 608 g/mol. The molecule has 0 spiro atoms. The molecule has 0 unspecified atom stereocenters. The van der Waals surface area contributed by atoms with Gasteiger partial charge in [-0.15, -0.1) is 0 Å². The highest BCUT2D eigenvalue weighted by atomic mass is 35.5. The molecule has 45 heavy (non-hydrogen) atoms. The van der Waals surface area contributed by atoms with Gasteiger partial charge in [0.1, 0.15) is 0 Å². The highest BCUT2D eigenvalue weighted by Gasteiger charge is 2.26. The van der Waals surface area contributed by atoms with Crippen LogP contribution in [-0.2, 0) is 0 Å².